The number of rotatable bonds is 8. The molecule has 0 aliphatic rings. The zero-order chi connectivity index (χ0) is 27.6. The fourth-order valence-corrected chi connectivity index (χ4v) is 4.85. The number of benzene rings is 3. The molecule has 0 saturated heterocycles. The largest absolute Gasteiger partial charge is 0.316 e. The Bertz CT molecular complexity index is 1640. The van der Waals surface area contributed by atoms with Gasteiger partial charge in [-0.1, -0.05) is 6.92 Å². The highest BCUT2D eigenvalue weighted by Crippen LogP contribution is 2.26. The maximum Gasteiger partial charge on any atom is 0.261 e. The Morgan fingerprint density at radius 3 is 2.39 bits per heavy atom. The number of carbonyl (C=O) groups is 2. The molecule has 0 spiro atoms. The number of amides is 2. The molecule has 0 aliphatic carbocycles. The van der Waals surface area contributed by atoms with Crippen LogP contribution in [-0.4, -0.2) is 36.8 Å². The van der Waals surface area contributed by atoms with Gasteiger partial charge in [-0.3, -0.25) is 19.6 Å². The number of nitrogens with one attached hydrogen (secondary N) is 2. The molecule has 0 fully saturated rings. The van der Waals surface area contributed by atoms with Crippen LogP contribution in [0.2, 0.25) is 0 Å². The molecule has 4 rings (SSSR count). The Hall–Kier alpha value is -4.32. The van der Waals surface area contributed by atoms with Crippen LogP contribution in [0.5, 0.6) is 0 Å². The van der Waals surface area contributed by atoms with E-state index in [9.17, 15) is 26.8 Å². The van der Waals surface area contributed by atoms with Crippen LogP contribution in [0.25, 0.3) is 11.0 Å². The lowest BCUT2D eigenvalue weighted by Gasteiger charge is -2.14. The van der Waals surface area contributed by atoms with Gasteiger partial charge in [-0.25, -0.2) is 22.2 Å². The predicted octanol–water partition coefficient (Wildman–Crippen LogP) is 4.76. The van der Waals surface area contributed by atoms with Crippen LogP contribution in [0.4, 0.5) is 26.1 Å². The standard InChI is InChI=1S/C26H25F2N5O4S/c1-4-13-33-24-12-8-19(32(3)16(2)34)15-23(24)29-26(33)30-25(35)17-5-11-21(28)22(14-17)31-38(36,37)20-9-6-18(27)7-10-20/h5-12,14-15,31H,4,13H2,1-3H3,(H,29,30,35). The number of aromatic nitrogens is 2. The second kappa shape index (κ2) is 10.6. The second-order valence-corrected chi connectivity index (χ2v) is 10.2. The van der Waals surface area contributed by atoms with Gasteiger partial charge in [-0.2, -0.15) is 0 Å². The molecule has 9 nitrogen and oxygen atoms in total. The van der Waals surface area contributed by atoms with Crippen LogP contribution >= 0.6 is 0 Å². The van der Waals surface area contributed by atoms with Gasteiger partial charge in [0.05, 0.1) is 21.6 Å². The van der Waals surface area contributed by atoms with Crippen molar-refractivity contribution in [3.63, 3.8) is 0 Å². The Balaban J connectivity index is 1.63. The van der Waals surface area contributed by atoms with E-state index in [0.717, 1.165) is 48.3 Å². The summed E-state index contributed by atoms with van der Waals surface area (Å²) >= 11 is 0. The summed E-state index contributed by atoms with van der Waals surface area (Å²) in [7, 11) is -2.59. The molecule has 38 heavy (non-hydrogen) atoms. The number of hydrogen-bond donors (Lipinski definition) is 2. The number of sulfonamides is 1. The quantitative estimate of drug-likeness (QED) is 0.334. The number of nitrogens with zero attached hydrogens (tertiary/aromatic N) is 3. The lowest BCUT2D eigenvalue weighted by Crippen LogP contribution is -2.22. The molecule has 3 aromatic carbocycles. The van der Waals surface area contributed by atoms with Gasteiger partial charge in [0, 0.05) is 31.8 Å². The lowest BCUT2D eigenvalue weighted by atomic mass is 10.2. The molecule has 12 heteroatoms. The van der Waals surface area contributed by atoms with Crippen LogP contribution in [0.1, 0.15) is 30.6 Å². The molecule has 1 heterocycles. The van der Waals surface area contributed by atoms with Crippen molar-refractivity contribution in [3.05, 3.63) is 77.9 Å². The number of hydrogen-bond acceptors (Lipinski definition) is 5. The zero-order valence-corrected chi connectivity index (χ0v) is 21.6. The molecule has 0 radical (unpaired) electrons. The van der Waals surface area contributed by atoms with Gasteiger partial charge in [0.1, 0.15) is 11.6 Å². The van der Waals surface area contributed by atoms with Crippen LogP contribution in [-0.2, 0) is 21.4 Å². The van der Waals surface area contributed by atoms with Crippen molar-refractivity contribution in [3.8, 4) is 0 Å². The first-order valence-electron chi connectivity index (χ1n) is 11.6. The molecule has 2 N–H and O–H groups in total. The van der Waals surface area contributed by atoms with Crippen LogP contribution in [0, 0.1) is 11.6 Å². The Morgan fingerprint density at radius 2 is 1.74 bits per heavy atom. The van der Waals surface area contributed by atoms with Crippen molar-refractivity contribution in [2.75, 3.05) is 22.0 Å². The van der Waals surface area contributed by atoms with E-state index in [0.29, 0.717) is 17.7 Å². The third-order valence-corrected chi connectivity index (χ3v) is 7.24. The summed E-state index contributed by atoms with van der Waals surface area (Å²) in [6, 6.07) is 12.6. The monoisotopic (exact) mass is 541 g/mol. The summed E-state index contributed by atoms with van der Waals surface area (Å²) < 4.78 is 56.8. The van der Waals surface area contributed by atoms with Gasteiger partial charge in [0.15, 0.2) is 0 Å². The summed E-state index contributed by atoms with van der Waals surface area (Å²) in [6.07, 6.45) is 0.745. The maximum atomic E-state index is 14.5. The zero-order valence-electron chi connectivity index (χ0n) is 20.8. The topological polar surface area (TPSA) is 113 Å². The van der Waals surface area contributed by atoms with E-state index in [-0.39, 0.29) is 22.3 Å². The van der Waals surface area contributed by atoms with Gasteiger partial charge in [0.2, 0.25) is 11.9 Å². The fourth-order valence-electron chi connectivity index (χ4n) is 3.79. The summed E-state index contributed by atoms with van der Waals surface area (Å²) in [5, 5.41) is 2.71. The van der Waals surface area contributed by atoms with E-state index in [1.165, 1.54) is 17.9 Å². The number of imidazole rings is 1. The maximum absolute atomic E-state index is 14.5. The highest BCUT2D eigenvalue weighted by Gasteiger charge is 2.20. The van der Waals surface area contributed by atoms with E-state index in [4.69, 9.17) is 0 Å². The molecule has 0 atom stereocenters. The smallest absolute Gasteiger partial charge is 0.261 e. The minimum atomic E-state index is -4.24. The first kappa shape index (κ1) is 26.7. The first-order chi connectivity index (χ1) is 18.0. The third-order valence-electron chi connectivity index (χ3n) is 5.86. The van der Waals surface area contributed by atoms with Crippen LogP contribution in [0.3, 0.4) is 0 Å². The Kier molecular flexibility index (Phi) is 7.44. The number of halogens is 2. The molecular weight excluding hydrogens is 516 g/mol. The van der Waals surface area contributed by atoms with Gasteiger partial charge < -0.3 is 9.47 Å². The normalized spacial score (nSPS) is 11.4. The van der Waals surface area contributed by atoms with Crippen LogP contribution < -0.4 is 14.9 Å². The summed E-state index contributed by atoms with van der Waals surface area (Å²) in [5.41, 5.74) is 1.48. The number of carbonyl (C=O) groups excluding carboxylic acids is 2. The average molecular weight is 542 g/mol. The minimum absolute atomic E-state index is 0.0182. The lowest BCUT2D eigenvalue weighted by molar-refractivity contribution is -0.116. The van der Waals surface area contributed by atoms with E-state index in [2.05, 4.69) is 15.0 Å². The van der Waals surface area contributed by atoms with E-state index in [1.54, 1.807) is 19.2 Å². The molecule has 2 amide bonds. The summed E-state index contributed by atoms with van der Waals surface area (Å²) in [5.74, 6) is -2.06. The van der Waals surface area contributed by atoms with Gasteiger partial charge in [-0.05, 0) is 67.1 Å². The van der Waals surface area contributed by atoms with Gasteiger partial charge in [-0.15, -0.1) is 0 Å². The number of fused-ring (bicyclic) bond motifs is 1. The van der Waals surface area contributed by atoms with Crippen molar-refractivity contribution < 1.29 is 26.8 Å². The molecule has 198 valence electrons. The summed E-state index contributed by atoms with van der Waals surface area (Å²) in [4.78, 5) is 30.6. The minimum Gasteiger partial charge on any atom is -0.316 e. The van der Waals surface area contributed by atoms with Crippen molar-refractivity contribution >= 4 is 50.2 Å². The van der Waals surface area contributed by atoms with E-state index in [1.807, 2.05) is 17.6 Å². The fraction of sp³-hybridized carbons (Fsp3) is 0.192. The molecule has 0 saturated carbocycles. The number of anilines is 3. The van der Waals surface area contributed by atoms with E-state index < -0.39 is 33.3 Å². The van der Waals surface area contributed by atoms with Gasteiger partial charge >= 0.3 is 0 Å². The molecule has 0 bridgehead atoms. The van der Waals surface area contributed by atoms with E-state index >= 15 is 0 Å². The molecule has 1 aromatic heterocycles. The average Bonchev–Trinajstić information content (AvgIpc) is 3.21. The Morgan fingerprint density at radius 1 is 1.03 bits per heavy atom. The Labute approximate surface area is 218 Å². The SMILES string of the molecule is CCCn1c(NC(=O)c2ccc(F)c(NS(=O)(=O)c3ccc(F)cc3)c2)nc2cc(N(C)C(C)=O)ccc21. The molecular formula is C26H25F2N5O4S. The van der Waals surface area contributed by atoms with Crippen molar-refractivity contribution in [2.24, 2.45) is 0 Å². The highest BCUT2D eigenvalue weighted by molar-refractivity contribution is 7.92. The third kappa shape index (κ3) is 5.49. The second-order valence-electron chi connectivity index (χ2n) is 8.55. The van der Waals surface area contributed by atoms with Crippen molar-refractivity contribution in [2.45, 2.75) is 31.7 Å². The van der Waals surface area contributed by atoms with Crippen molar-refractivity contribution in [1.29, 1.82) is 0 Å². The van der Waals surface area contributed by atoms with Crippen LogP contribution in [0.15, 0.2) is 65.6 Å². The first-order valence-corrected chi connectivity index (χ1v) is 13.1. The van der Waals surface area contributed by atoms with Crippen molar-refractivity contribution in [1.82, 2.24) is 9.55 Å². The van der Waals surface area contributed by atoms with Gasteiger partial charge in [0.25, 0.3) is 15.9 Å². The molecule has 0 unspecified atom stereocenters. The summed E-state index contributed by atoms with van der Waals surface area (Å²) in [6.45, 7) is 3.96. The highest BCUT2D eigenvalue weighted by atomic mass is 32.2. The molecule has 0 aliphatic heterocycles. The predicted molar refractivity (Wildman–Crippen MR) is 141 cm³/mol. The molecule has 4 aromatic rings. The number of aryl methyl sites for hydroxylation is 1.